The first-order valence-electron chi connectivity index (χ1n) is 5.88. The van der Waals surface area contributed by atoms with Crippen LogP contribution < -0.4 is 10.5 Å². The van der Waals surface area contributed by atoms with Crippen LogP contribution in [0.3, 0.4) is 0 Å². The Labute approximate surface area is 120 Å². The van der Waals surface area contributed by atoms with Crippen LogP contribution in [0.15, 0.2) is 15.7 Å². The molecule has 1 atom stereocenters. The van der Waals surface area contributed by atoms with Crippen molar-refractivity contribution in [3.8, 4) is 0 Å². The monoisotopic (exact) mass is 320 g/mol. The molecule has 1 heterocycles. The molecule has 112 valence electrons. The van der Waals surface area contributed by atoms with Gasteiger partial charge in [0.2, 0.25) is 10.0 Å². The Bertz CT molecular complexity index is 594. The lowest BCUT2D eigenvalue weighted by Gasteiger charge is -2.11. The van der Waals surface area contributed by atoms with Gasteiger partial charge in [0.25, 0.3) is 5.91 Å². The molecule has 0 aromatic carbocycles. The van der Waals surface area contributed by atoms with Gasteiger partial charge in [-0.1, -0.05) is 13.3 Å². The minimum atomic E-state index is -3.82. The van der Waals surface area contributed by atoms with Crippen LogP contribution in [0.1, 0.15) is 30.1 Å². The summed E-state index contributed by atoms with van der Waals surface area (Å²) in [5.74, 6) is -2.14. The number of carboxylic acid groups (broad SMARTS) is 1. The highest BCUT2D eigenvalue weighted by atomic mass is 32.2. The second kappa shape index (κ2) is 6.82. The number of nitrogens with one attached hydrogen (secondary N) is 1. The van der Waals surface area contributed by atoms with Crippen molar-refractivity contribution in [2.75, 3.05) is 6.54 Å². The summed E-state index contributed by atoms with van der Waals surface area (Å²) in [7, 11) is -3.82. The number of thiophene rings is 1. The Morgan fingerprint density at radius 1 is 1.50 bits per heavy atom. The summed E-state index contributed by atoms with van der Waals surface area (Å²) in [4.78, 5) is 22.7. The second-order valence-corrected chi connectivity index (χ2v) is 6.93. The Morgan fingerprint density at radius 2 is 2.15 bits per heavy atom. The first-order valence-corrected chi connectivity index (χ1v) is 8.30. The van der Waals surface area contributed by atoms with Crippen molar-refractivity contribution >= 4 is 33.2 Å². The first kappa shape index (κ1) is 16.6. The molecule has 1 amide bonds. The molecular formula is C11H16N2O5S2. The van der Waals surface area contributed by atoms with Crippen LogP contribution >= 0.6 is 11.3 Å². The molecule has 7 nitrogen and oxygen atoms in total. The molecule has 1 aromatic heterocycles. The van der Waals surface area contributed by atoms with Crippen LogP contribution in [-0.4, -0.2) is 31.9 Å². The zero-order valence-electron chi connectivity index (χ0n) is 10.8. The quantitative estimate of drug-likeness (QED) is 0.679. The van der Waals surface area contributed by atoms with Gasteiger partial charge in [-0.25, -0.2) is 13.6 Å². The van der Waals surface area contributed by atoms with E-state index >= 15 is 0 Å². The zero-order chi connectivity index (χ0) is 15.3. The number of aliphatic carboxylic acids is 1. The van der Waals surface area contributed by atoms with E-state index in [2.05, 4.69) is 5.32 Å². The van der Waals surface area contributed by atoms with Gasteiger partial charge in [-0.15, -0.1) is 11.3 Å². The van der Waals surface area contributed by atoms with Crippen molar-refractivity contribution in [2.24, 2.45) is 11.1 Å². The summed E-state index contributed by atoms with van der Waals surface area (Å²) in [5.41, 5.74) is 0.152. The molecule has 0 bridgehead atoms. The van der Waals surface area contributed by atoms with E-state index < -0.39 is 27.8 Å². The van der Waals surface area contributed by atoms with Crippen molar-refractivity contribution < 1.29 is 23.1 Å². The van der Waals surface area contributed by atoms with Crippen LogP contribution in [-0.2, 0) is 14.8 Å². The highest BCUT2D eigenvalue weighted by Crippen LogP contribution is 2.18. The van der Waals surface area contributed by atoms with E-state index in [-0.39, 0.29) is 16.3 Å². The summed E-state index contributed by atoms with van der Waals surface area (Å²) < 4.78 is 22.1. The summed E-state index contributed by atoms with van der Waals surface area (Å²) in [6.45, 7) is 1.86. The van der Waals surface area contributed by atoms with Gasteiger partial charge in [0, 0.05) is 11.9 Å². The second-order valence-electron chi connectivity index (χ2n) is 4.23. The lowest BCUT2D eigenvalue weighted by molar-refractivity contribution is -0.141. The summed E-state index contributed by atoms with van der Waals surface area (Å²) >= 11 is 0.846. The Kier molecular flexibility index (Phi) is 5.66. The maximum atomic E-state index is 11.8. The highest BCUT2D eigenvalue weighted by molar-refractivity contribution is 7.91. The van der Waals surface area contributed by atoms with Crippen LogP contribution in [0.4, 0.5) is 0 Å². The first-order chi connectivity index (χ1) is 9.25. The number of carboxylic acids is 1. The Balaban J connectivity index is 2.67. The number of carbonyl (C=O) groups excluding carboxylic acids is 1. The molecule has 1 aromatic rings. The van der Waals surface area contributed by atoms with Gasteiger partial charge in [-0.2, -0.15) is 0 Å². The van der Waals surface area contributed by atoms with Crippen molar-refractivity contribution in [1.82, 2.24) is 5.32 Å². The summed E-state index contributed by atoms with van der Waals surface area (Å²) in [5, 5.41) is 17.7. The number of hydrogen-bond acceptors (Lipinski definition) is 5. The van der Waals surface area contributed by atoms with Gasteiger partial charge in [-0.05, 0) is 12.5 Å². The molecule has 1 rings (SSSR count). The van der Waals surface area contributed by atoms with Crippen LogP contribution in [0.2, 0.25) is 0 Å². The third-order valence-electron chi connectivity index (χ3n) is 2.61. The lowest BCUT2D eigenvalue weighted by Crippen LogP contribution is -2.32. The van der Waals surface area contributed by atoms with Gasteiger partial charge >= 0.3 is 5.97 Å². The molecule has 0 aliphatic heterocycles. The predicted molar refractivity (Wildman–Crippen MR) is 74.1 cm³/mol. The molecule has 0 fully saturated rings. The van der Waals surface area contributed by atoms with Gasteiger partial charge in [0.15, 0.2) is 0 Å². The van der Waals surface area contributed by atoms with Crippen molar-refractivity contribution in [1.29, 1.82) is 0 Å². The minimum absolute atomic E-state index is 0.00254. The molecule has 0 spiro atoms. The lowest BCUT2D eigenvalue weighted by atomic mass is 10.0. The van der Waals surface area contributed by atoms with Gasteiger partial charge in [0.05, 0.1) is 11.5 Å². The fourth-order valence-corrected chi connectivity index (χ4v) is 3.15. The van der Waals surface area contributed by atoms with E-state index in [9.17, 15) is 18.0 Å². The molecule has 0 saturated heterocycles. The molecule has 20 heavy (non-hydrogen) atoms. The number of amides is 1. The van der Waals surface area contributed by atoms with Crippen LogP contribution in [0.5, 0.6) is 0 Å². The van der Waals surface area contributed by atoms with E-state index in [1.54, 1.807) is 0 Å². The number of primary sulfonamides is 1. The van der Waals surface area contributed by atoms with E-state index in [1.165, 1.54) is 11.4 Å². The molecule has 1 unspecified atom stereocenters. The van der Waals surface area contributed by atoms with Crippen molar-refractivity contribution in [3.05, 3.63) is 17.0 Å². The number of carbonyl (C=O) groups is 2. The van der Waals surface area contributed by atoms with E-state index in [1.807, 2.05) is 6.92 Å². The fourth-order valence-electron chi connectivity index (χ4n) is 1.56. The van der Waals surface area contributed by atoms with Gasteiger partial charge in [-0.3, -0.25) is 9.59 Å². The van der Waals surface area contributed by atoms with Crippen molar-refractivity contribution in [2.45, 2.75) is 24.0 Å². The average Bonchev–Trinajstić information content (AvgIpc) is 2.83. The van der Waals surface area contributed by atoms with E-state index in [4.69, 9.17) is 10.2 Å². The molecule has 9 heteroatoms. The number of sulfonamides is 1. The normalized spacial score (nSPS) is 12.9. The third-order valence-corrected chi connectivity index (χ3v) is 5.00. The molecular weight excluding hydrogens is 304 g/mol. The fraction of sp³-hybridized carbons (Fsp3) is 0.455. The summed E-state index contributed by atoms with van der Waals surface area (Å²) in [6.07, 6.45) is 1.16. The predicted octanol–water partition coefficient (Wildman–Crippen LogP) is 0.626. The van der Waals surface area contributed by atoms with Gasteiger partial charge in [0.1, 0.15) is 4.21 Å². The zero-order valence-corrected chi connectivity index (χ0v) is 12.5. The van der Waals surface area contributed by atoms with Crippen molar-refractivity contribution in [3.63, 3.8) is 0 Å². The standard InChI is InChI=1S/C11H16N2O5S2/c1-2-3-7(11(15)16)5-13-10(14)8-4-9(19-6-8)20(12,17)18/h4,6-7H,2-3,5H2,1H3,(H,13,14)(H,15,16)(H2,12,17,18). The largest absolute Gasteiger partial charge is 0.481 e. The van der Waals surface area contributed by atoms with Crippen LogP contribution in [0.25, 0.3) is 0 Å². The Hall–Kier alpha value is -1.45. The minimum Gasteiger partial charge on any atom is -0.481 e. The number of rotatable bonds is 7. The Morgan fingerprint density at radius 3 is 2.60 bits per heavy atom. The topological polar surface area (TPSA) is 127 Å². The average molecular weight is 320 g/mol. The maximum absolute atomic E-state index is 11.8. The molecule has 0 aliphatic rings. The SMILES string of the molecule is CCCC(CNC(=O)c1csc(S(N)(=O)=O)c1)C(=O)O. The molecule has 0 saturated carbocycles. The molecule has 0 aliphatic carbocycles. The van der Waals surface area contributed by atoms with Gasteiger partial charge < -0.3 is 10.4 Å². The van der Waals surface area contributed by atoms with Crippen LogP contribution in [0, 0.1) is 5.92 Å². The number of nitrogens with two attached hydrogens (primary N) is 1. The van der Waals surface area contributed by atoms with E-state index in [0.717, 1.165) is 11.3 Å². The smallest absolute Gasteiger partial charge is 0.308 e. The molecule has 0 radical (unpaired) electrons. The number of hydrogen-bond donors (Lipinski definition) is 3. The summed E-state index contributed by atoms with van der Waals surface area (Å²) in [6, 6.07) is 1.17. The molecule has 4 N–H and O–H groups in total. The maximum Gasteiger partial charge on any atom is 0.308 e. The van der Waals surface area contributed by atoms with E-state index in [0.29, 0.717) is 12.8 Å². The third kappa shape index (κ3) is 4.58. The highest BCUT2D eigenvalue weighted by Gasteiger charge is 2.19.